The maximum absolute atomic E-state index is 12.9. The molecule has 0 spiro atoms. The van der Waals surface area contributed by atoms with Crippen molar-refractivity contribution in [2.45, 2.75) is 103 Å². The lowest BCUT2D eigenvalue weighted by Gasteiger charge is -2.34. The molecular weight excluding hydrogens is 508 g/mol. The van der Waals surface area contributed by atoms with Crippen LogP contribution in [0.2, 0.25) is 0 Å². The van der Waals surface area contributed by atoms with Crippen LogP contribution in [0.25, 0.3) is 0 Å². The van der Waals surface area contributed by atoms with Crippen LogP contribution in [0.3, 0.4) is 0 Å². The summed E-state index contributed by atoms with van der Waals surface area (Å²) in [5.74, 6) is -0.319. The summed E-state index contributed by atoms with van der Waals surface area (Å²) >= 11 is 0. The van der Waals surface area contributed by atoms with E-state index in [2.05, 4.69) is 54.3 Å². The Kier molecular flexibility index (Phi) is 16.1. The molecule has 1 aliphatic heterocycles. The monoisotopic (exact) mass is 560 g/mol. The predicted octanol–water partition coefficient (Wildman–Crippen LogP) is 5.23. The number of nitrogens with zero attached hydrogens (tertiary/aromatic N) is 2. The van der Waals surface area contributed by atoms with Gasteiger partial charge in [0.15, 0.2) is 0 Å². The van der Waals surface area contributed by atoms with E-state index in [9.17, 15) is 14.4 Å². The van der Waals surface area contributed by atoms with Crippen molar-refractivity contribution >= 4 is 18.2 Å². The van der Waals surface area contributed by atoms with Gasteiger partial charge in [-0.3, -0.25) is 9.59 Å². The first-order valence-electron chi connectivity index (χ1n) is 15.1. The highest BCUT2D eigenvalue weighted by molar-refractivity contribution is 5.72. The average molecular weight is 561 g/mol. The Morgan fingerprint density at radius 3 is 2.50 bits per heavy atom. The smallest absolute Gasteiger partial charge is 0.309 e. The zero-order valence-electron chi connectivity index (χ0n) is 25.4. The fraction of sp³-hybridized carbons (Fsp3) is 0.719. The van der Waals surface area contributed by atoms with Crippen LogP contribution in [0, 0.1) is 11.8 Å². The van der Waals surface area contributed by atoms with E-state index in [1.165, 1.54) is 5.56 Å². The Morgan fingerprint density at radius 1 is 1.07 bits per heavy atom. The minimum absolute atomic E-state index is 0.0681. The number of carbonyl (C=O) groups excluding carboxylic acids is 3. The number of cyclic esters (lactones) is 1. The number of aldehydes is 1. The van der Waals surface area contributed by atoms with Gasteiger partial charge in [0.1, 0.15) is 18.5 Å². The molecule has 0 amide bonds. The molecule has 8 nitrogen and oxygen atoms in total. The second kappa shape index (κ2) is 18.9. The van der Waals surface area contributed by atoms with Crippen molar-refractivity contribution < 1.29 is 28.6 Å². The number of benzene rings is 1. The van der Waals surface area contributed by atoms with Gasteiger partial charge in [-0.05, 0) is 69.3 Å². The van der Waals surface area contributed by atoms with Crippen molar-refractivity contribution in [3.63, 3.8) is 0 Å². The Morgan fingerprint density at radius 2 is 1.82 bits per heavy atom. The van der Waals surface area contributed by atoms with Gasteiger partial charge in [0, 0.05) is 46.6 Å². The number of methoxy groups -OCH3 is 1. The molecule has 1 heterocycles. The zero-order valence-corrected chi connectivity index (χ0v) is 25.4. The molecule has 0 N–H and O–H groups in total. The summed E-state index contributed by atoms with van der Waals surface area (Å²) in [6.45, 7) is 8.53. The van der Waals surface area contributed by atoms with Crippen molar-refractivity contribution in [3.05, 3.63) is 35.9 Å². The van der Waals surface area contributed by atoms with E-state index >= 15 is 0 Å². The van der Waals surface area contributed by atoms with Crippen LogP contribution in [0.1, 0.15) is 84.1 Å². The summed E-state index contributed by atoms with van der Waals surface area (Å²) in [6.07, 6.45) is 6.40. The summed E-state index contributed by atoms with van der Waals surface area (Å²) in [5, 5.41) is 4.69. The van der Waals surface area contributed by atoms with Crippen molar-refractivity contribution in [3.8, 4) is 0 Å². The highest BCUT2D eigenvalue weighted by Gasteiger charge is 2.32. The van der Waals surface area contributed by atoms with Crippen LogP contribution in [-0.4, -0.2) is 80.3 Å². The van der Waals surface area contributed by atoms with Gasteiger partial charge in [0.2, 0.25) is 0 Å². The lowest BCUT2D eigenvalue weighted by atomic mass is 9.86. The summed E-state index contributed by atoms with van der Waals surface area (Å²) < 4.78 is 17.1. The molecule has 8 heteroatoms. The van der Waals surface area contributed by atoms with Gasteiger partial charge in [-0.15, -0.1) is 0 Å². The van der Waals surface area contributed by atoms with Crippen molar-refractivity contribution in [1.82, 2.24) is 10.0 Å². The number of rotatable bonds is 10. The van der Waals surface area contributed by atoms with E-state index in [0.29, 0.717) is 25.2 Å². The van der Waals surface area contributed by atoms with Crippen molar-refractivity contribution in [2.24, 2.45) is 11.8 Å². The fourth-order valence-corrected chi connectivity index (χ4v) is 5.44. The lowest BCUT2D eigenvalue weighted by Crippen LogP contribution is -2.43. The molecule has 0 radical (unpaired) electrons. The SMILES string of the molecule is CCC(=O)OC1CC(=O)OC(C)CCN(C)N(CCCCc2ccccc2)CCC(C)CC(CC=O)CC1OC. The van der Waals surface area contributed by atoms with E-state index in [-0.39, 0.29) is 30.8 Å². The van der Waals surface area contributed by atoms with Crippen molar-refractivity contribution in [2.75, 3.05) is 33.8 Å². The van der Waals surface area contributed by atoms with Crippen LogP contribution in [-0.2, 0) is 35.0 Å². The highest BCUT2D eigenvalue weighted by Crippen LogP contribution is 2.27. The van der Waals surface area contributed by atoms with Gasteiger partial charge in [-0.1, -0.05) is 44.2 Å². The first-order chi connectivity index (χ1) is 19.2. The molecule has 0 bridgehead atoms. The molecule has 5 atom stereocenters. The summed E-state index contributed by atoms with van der Waals surface area (Å²) in [7, 11) is 3.68. The Hall–Kier alpha value is -2.29. The standard InChI is InChI=1S/C32H52N2O6/c1-6-31(36)40-30-24-32(37)39-26(3)16-19-33(4)34(18-11-10-14-27-12-8-7-9-13-27)20-15-25(2)22-28(17-21-35)23-29(30)38-5/h7-9,12-13,21,25-26,28-30H,6,10-11,14-20,22-24H2,1-5H3. The van der Waals surface area contributed by atoms with E-state index in [0.717, 1.165) is 58.0 Å². The third-order valence-electron chi connectivity index (χ3n) is 7.92. The number of ether oxygens (including phenoxy) is 3. The fourth-order valence-electron chi connectivity index (χ4n) is 5.44. The first kappa shape index (κ1) is 33.9. The maximum atomic E-state index is 12.9. The average Bonchev–Trinajstić information content (AvgIpc) is 2.93. The largest absolute Gasteiger partial charge is 0.463 e. The zero-order chi connectivity index (χ0) is 29.3. The van der Waals surface area contributed by atoms with Gasteiger partial charge in [-0.2, -0.15) is 0 Å². The second-order valence-corrected chi connectivity index (χ2v) is 11.4. The molecular formula is C32H52N2O6. The molecule has 1 aliphatic rings. The van der Waals surface area contributed by atoms with Crippen LogP contribution >= 0.6 is 0 Å². The van der Waals surface area contributed by atoms with Crippen molar-refractivity contribution in [1.29, 1.82) is 0 Å². The van der Waals surface area contributed by atoms with Crippen LogP contribution < -0.4 is 0 Å². The minimum Gasteiger partial charge on any atom is -0.463 e. The Labute approximate surface area is 241 Å². The Balaban J connectivity index is 2.12. The van der Waals surface area contributed by atoms with Gasteiger partial charge in [-0.25, -0.2) is 10.0 Å². The second-order valence-electron chi connectivity index (χ2n) is 11.4. The molecule has 0 aliphatic carbocycles. The number of esters is 2. The third kappa shape index (κ3) is 12.9. The number of unbranched alkanes of at least 4 members (excludes halogenated alkanes) is 1. The first-order valence-corrected chi connectivity index (χ1v) is 15.1. The van der Waals surface area contributed by atoms with Crippen LogP contribution in [0.5, 0.6) is 0 Å². The normalized spacial score (nSPS) is 26.6. The molecule has 226 valence electrons. The van der Waals surface area contributed by atoms with E-state index in [1.54, 1.807) is 14.0 Å². The molecule has 1 aromatic rings. The van der Waals surface area contributed by atoms with Gasteiger partial charge in [0.05, 0.1) is 12.5 Å². The molecule has 1 saturated heterocycles. The lowest BCUT2D eigenvalue weighted by molar-refractivity contribution is -0.165. The maximum Gasteiger partial charge on any atom is 0.309 e. The predicted molar refractivity (Wildman–Crippen MR) is 157 cm³/mol. The quantitative estimate of drug-likeness (QED) is 0.218. The molecule has 5 unspecified atom stereocenters. The molecule has 1 aromatic carbocycles. The number of hydrogen-bond acceptors (Lipinski definition) is 8. The summed E-state index contributed by atoms with van der Waals surface area (Å²) in [6, 6.07) is 10.6. The van der Waals surface area contributed by atoms with Gasteiger partial charge in [0.25, 0.3) is 0 Å². The van der Waals surface area contributed by atoms with Gasteiger partial charge < -0.3 is 19.0 Å². The number of hydrazine groups is 1. The number of hydrogen-bond donors (Lipinski definition) is 0. The van der Waals surface area contributed by atoms with Gasteiger partial charge >= 0.3 is 11.9 Å². The molecule has 40 heavy (non-hydrogen) atoms. The topological polar surface area (TPSA) is 85.4 Å². The molecule has 0 aromatic heterocycles. The Bertz CT molecular complexity index is 866. The number of carbonyl (C=O) groups is 3. The molecule has 0 saturated carbocycles. The highest BCUT2D eigenvalue weighted by atomic mass is 16.6. The number of aryl methyl sites for hydroxylation is 1. The summed E-state index contributed by atoms with van der Waals surface area (Å²) in [4.78, 5) is 36.6. The third-order valence-corrected chi connectivity index (χ3v) is 7.92. The summed E-state index contributed by atoms with van der Waals surface area (Å²) in [5.41, 5.74) is 1.37. The molecule has 2 rings (SSSR count). The van der Waals surface area contributed by atoms with E-state index in [4.69, 9.17) is 14.2 Å². The van der Waals surface area contributed by atoms with E-state index in [1.807, 2.05) is 6.92 Å². The van der Waals surface area contributed by atoms with E-state index < -0.39 is 18.2 Å². The minimum atomic E-state index is -0.747. The molecule has 1 fully saturated rings. The van der Waals surface area contributed by atoms with Crippen LogP contribution in [0.4, 0.5) is 0 Å². The van der Waals surface area contributed by atoms with Crippen LogP contribution in [0.15, 0.2) is 30.3 Å².